The Balaban J connectivity index is 1.38. The molecule has 0 spiro atoms. The van der Waals surface area contributed by atoms with Crippen molar-refractivity contribution < 1.29 is 9.53 Å². The fraction of sp³-hybridized carbons (Fsp3) is 0.286. The number of H-pyrrole nitrogens is 1. The second-order valence-corrected chi connectivity index (χ2v) is 8.20. The molecule has 0 aliphatic carbocycles. The maximum Gasteiger partial charge on any atom is 0.325 e. The molecule has 2 aromatic heterocycles. The molecule has 2 N–H and O–H groups in total. The van der Waals surface area contributed by atoms with Crippen LogP contribution in [0.15, 0.2) is 40.8 Å². The number of nitrogens with one attached hydrogen (secondary N) is 2. The van der Waals surface area contributed by atoms with Gasteiger partial charge in [-0.15, -0.1) is 0 Å². The van der Waals surface area contributed by atoms with Crippen LogP contribution in [-0.4, -0.2) is 51.9 Å². The molecule has 1 amide bonds. The van der Waals surface area contributed by atoms with Crippen LogP contribution in [0.1, 0.15) is 22.4 Å². The van der Waals surface area contributed by atoms with Crippen molar-refractivity contribution in [1.29, 1.82) is 0 Å². The van der Waals surface area contributed by atoms with Crippen LogP contribution in [0.25, 0.3) is 11.6 Å². The molecule has 0 unspecified atom stereocenters. The number of aromatic nitrogens is 3. The summed E-state index contributed by atoms with van der Waals surface area (Å²) in [7, 11) is 0. The van der Waals surface area contributed by atoms with Crippen LogP contribution in [0.4, 0.5) is 5.69 Å². The Morgan fingerprint density at radius 3 is 2.80 bits per heavy atom. The number of amides is 1. The normalized spacial score (nSPS) is 18.0. The van der Waals surface area contributed by atoms with E-state index in [1.165, 1.54) is 15.8 Å². The minimum absolute atomic E-state index is 0.0975. The number of rotatable bonds is 5. The largest absolute Gasteiger partial charge is 0.379 e. The molecular formula is C21H21N5O3S. The van der Waals surface area contributed by atoms with Gasteiger partial charge in [0.1, 0.15) is 5.51 Å². The lowest BCUT2D eigenvalue weighted by Crippen LogP contribution is -2.35. The van der Waals surface area contributed by atoms with Crippen molar-refractivity contribution in [3.8, 4) is 0 Å². The van der Waals surface area contributed by atoms with Crippen LogP contribution < -0.4 is 10.2 Å². The summed E-state index contributed by atoms with van der Waals surface area (Å²) in [5.41, 5.74) is 6.74. The summed E-state index contributed by atoms with van der Waals surface area (Å²) in [6, 6.07) is 7.80. The van der Waals surface area contributed by atoms with E-state index in [0.29, 0.717) is 12.1 Å². The van der Waals surface area contributed by atoms with Gasteiger partial charge in [0.15, 0.2) is 0 Å². The Morgan fingerprint density at radius 1 is 1.13 bits per heavy atom. The van der Waals surface area contributed by atoms with Gasteiger partial charge in [0.05, 0.1) is 25.3 Å². The van der Waals surface area contributed by atoms with Crippen molar-refractivity contribution in [3.05, 3.63) is 68.0 Å². The van der Waals surface area contributed by atoms with Gasteiger partial charge in [-0.1, -0.05) is 17.4 Å². The lowest BCUT2D eigenvalue weighted by Gasteiger charge is -2.25. The van der Waals surface area contributed by atoms with E-state index in [1.807, 2.05) is 30.5 Å². The predicted octanol–water partition coefficient (Wildman–Crippen LogP) is 2.01. The highest BCUT2D eigenvalue weighted by atomic mass is 32.1. The summed E-state index contributed by atoms with van der Waals surface area (Å²) in [6.07, 6.45) is 3.86. The van der Waals surface area contributed by atoms with Crippen LogP contribution in [0.2, 0.25) is 0 Å². The zero-order valence-corrected chi connectivity index (χ0v) is 17.1. The minimum Gasteiger partial charge on any atom is -0.379 e. The number of morpholine rings is 1. The molecule has 1 fully saturated rings. The number of benzene rings is 1. The number of anilines is 1. The number of fused-ring (bicyclic) bond motifs is 1. The number of hydrogen-bond acceptors (Lipinski definition) is 6. The number of ether oxygens (including phenoxy) is 1. The summed E-state index contributed by atoms with van der Waals surface area (Å²) in [4.78, 5) is 29.9. The Hall–Kier alpha value is -3.01. The van der Waals surface area contributed by atoms with Gasteiger partial charge in [-0.05, 0) is 35.4 Å². The number of aromatic amines is 1. The second-order valence-electron chi connectivity index (χ2n) is 7.41. The molecule has 2 aliphatic heterocycles. The van der Waals surface area contributed by atoms with Gasteiger partial charge in [-0.25, -0.2) is 4.68 Å². The molecule has 4 heterocycles. The average molecular weight is 423 g/mol. The first-order valence-electron chi connectivity index (χ1n) is 9.80. The fourth-order valence-corrected chi connectivity index (χ4v) is 4.28. The Labute approximate surface area is 176 Å². The van der Waals surface area contributed by atoms with E-state index in [2.05, 4.69) is 26.4 Å². The number of nitrogens with zero attached hydrogens (tertiary/aromatic N) is 3. The third-order valence-corrected chi connectivity index (χ3v) is 5.94. The topological polar surface area (TPSA) is 92.2 Å². The molecule has 5 rings (SSSR count). The van der Waals surface area contributed by atoms with E-state index in [4.69, 9.17) is 4.74 Å². The molecule has 1 saturated heterocycles. The zero-order chi connectivity index (χ0) is 20.5. The van der Waals surface area contributed by atoms with Crippen LogP contribution in [0, 0.1) is 0 Å². The maximum absolute atomic E-state index is 12.6. The maximum atomic E-state index is 12.6. The minimum atomic E-state index is -0.127. The first-order chi connectivity index (χ1) is 14.7. The molecule has 0 bridgehead atoms. The van der Waals surface area contributed by atoms with Crippen LogP contribution in [0.3, 0.4) is 0 Å². The molecule has 0 atom stereocenters. The van der Waals surface area contributed by atoms with E-state index in [-0.39, 0.29) is 10.8 Å². The van der Waals surface area contributed by atoms with Gasteiger partial charge in [0.2, 0.25) is 0 Å². The highest BCUT2D eigenvalue weighted by Crippen LogP contribution is 2.34. The second kappa shape index (κ2) is 8.02. The lowest BCUT2D eigenvalue weighted by molar-refractivity contribution is -0.110. The molecule has 154 valence electrons. The summed E-state index contributed by atoms with van der Waals surface area (Å²) in [5.74, 6) is -0.127. The van der Waals surface area contributed by atoms with Gasteiger partial charge >= 0.3 is 4.87 Å². The molecule has 1 aromatic carbocycles. The number of carbonyl (C=O) groups excluding carboxylic acids is 1. The standard InChI is InChI=1S/C21H21N5O3S/c27-20-18(9-16-7-15(10-22-16)11-25-3-5-29-6-4-25)17-8-14(1-2-19(17)24-20)12-26-21(28)30-13-23-26/h1-2,7-10,13,22H,3-6,11-12H2,(H,24,27). The van der Waals surface area contributed by atoms with Crippen molar-refractivity contribution in [3.63, 3.8) is 0 Å². The fourth-order valence-electron chi connectivity index (χ4n) is 3.80. The van der Waals surface area contributed by atoms with E-state index in [1.54, 1.807) is 0 Å². The molecule has 2 aliphatic rings. The summed E-state index contributed by atoms with van der Waals surface area (Å²) in [6.45, 7) is 4.65. The van der Waals surface area contributed by atoms with E-state index >= 15 is 0 Å². The summed E-state index contributed by atoms with van der Waals surface area (Å²) < 4.78 is 6.82. The van der Waals surface area contributed by atoms with Gasteiger partial charge in [0.25, 0.3) is 5.91 Å². The van der Waals surface area contributed by atoms with Crippen molar-refractivity contribution in [1.82, 2.24) is 19.7 Å². The van der Waals surface area contributed by atoms with Gasteiger partial charge in [0, 0.05) is 42.8 Å². The van der Waals surface area contributed by atoms with E-state index < -0.39 is 0 Å². The third kappa shape index (κ3) is 3.87. The molecule has 8 nitrogen and oxygen atoms in total. The lowest BCUT2D eigenvalue weighted by atomic mass is 10.0. The SMILES string of the molecule is O=C1Nc2ccc(Cn3ncsc3=O)cc2C1=Cc1cc(CN2CCOCC2)c[nH]1. The third-order valence-electron chi connectivity index (χ3n) is 5.32. The first-order valence-corrected chi connectivity index (χ1v) is 10.7. The quantitative estimate of drug-likeness (QED) is 0.613. The zero-order valence-electron chi connectivity index (χ0n) is 16.3. The Kier molecular flexibility index (Phi) is 5.07. The Morgan fingerprint density at radius 2 is 2.00 bits per heavy atom. The van der Waals surface area contributed by atoms with Gasteiger partial charge in [-0.2, -0.15) is 5.10 Å². The van der Waals surface area contributed by atoms with Crippen molar-refractivity contribution >= 4 is 34.6 Å². The van der Waals surface area contributed by atoms with Crippen molar-refractivity contribution in [2.24, 2.45) is 0 Å². The van der Waals surface area contributed by atoms with E-state index in [0.717, 1.165) is 66.7 Å². The highest BCUT2D eigenvalue weighted by Gasteiger charge is 2.24. The van der Waals surface area contributed by atoms with Crippen LogP contribution >= 0.6 is 11.3 Å². The van der Waals surface area contributed by atoms with Crippen LogP contribution in [0.5, 0.6) is 0 Å². The average Bonchev–Trinajstić information content (AvgIpc) is 3.44. The molecule has 9 heteroatoms. The summed E-state index contributed by atoms with van der Waals surface area (Å²) >= 11 is 1.07. The molecule has 30 heavy (non-hydrogen) atoms. The number of carbonyl (C=O) groups is 1. The molecule has 3 aromatic rings. The molecule has 0 saturated carbocycles. The molecular weight excluding hydrogens is 402 g/mol. The first kappa shape index (κ1) is 19.0. The van der Waals surface area contributed by atoms with Gasteiger partial charge < -0.3 is 15.0 Å². The van der Waals surface area contributed by atoms with E-state index in [9.17, 15) is 9.59 Å². The molecule has 0 radical (unpaired) electrons. The summed E-state index contributed by atoms with van der Waals surface area (Å²) in [5, 5.41) is 6.98. The van der Waals surface area contributed by atoms with Crippen molar-refractivity contribution in [2.75, 3.05) is 31.6 Å². The van der Waals surface area contributed by atoms with Gasteiger partial charge in [-0.3, -0.25) is 14.5 Å². The smallest absolute Gasteiger partial charge is 0.325 e. The Bertz CT molecular complexity index is 1170. The monoisotopic (exact) mass is 423 g/mol. The van der Waals surface area contributed by atoms with Crippen molar-refractivity contribution in [2.45, 2.75) is 13.1 Å². The predicted molar refractivity (Wildman–Crippen MR) is 115 cm³/mol. The highest BCUT2D eigenvalue weighted by molar-refractivity contribution is 7.06. The van der Waals surface area contributed by atoms with Crippen LogP contribution in [-0.2, 0) is 22.6 Å². The number of hydrogen-bond donors (Lipinski definition) is 2.